The molecule has 0 heterocycles. The van der Waals surface area contributed by atoms with E-state index in [0.29, 0.717) is 0 Å². The Balaban J connectivity index is 1.45. The van der Waals surface area contributed by atoms with Crippen molar-refractivity contribution in [2.45, 2.75) is 42.9 Å². The molecule has 0 N–H and O–H groups in total. The Kier molecular flexibility index (Phi) is 6.87. The van der Waals surface area contributed by atoms with Gasteiger partial charge in [-0.25, -0.2) is 0 Å². The molecule has 205 valence electrons. The molecule has 0 radical (unpaired) electrons. The van der Waals surface area contributed by atoms with E-state index < -0.39 is 21.5 Å². The molecule has 0 aromatic heterocycles. The Labute approximate surface area is 252 Å². The standard InChI is InChI=1S/C22H19.C13H9.C2H7Si.2ClH.Zr/c1-2-6-16-13-19-9-5-10-21(22(19)14-16)20-12-11-17-7-3-4-8-18(17)15-20;1-3-7-12-10(5-1)9-11-6-2-4-8-13(11)12;1-3-2;;;/h3-5,7-15H,2,6H2,1H3;1-5,7-8H,9H2;3H,1-2H3;2*1H;/q;;;;;+2/p-2. The number of hydrogen-bond acceptors (Lipinski definition) is 0. The van der Waals surface area contributed by atoms with Gasteiger partial charge in [-0.15, -0.1) is 0 Å². The molecule has 4 heteroatoms. The van der Waals surface area contributed by atoms with Crippen LogP contribution in [-0.4, -0.2) is 5.92 Å². The second-order valence-corrected chi connectivity index (χ2v) is 53.7. The third-order valence-corrected chi connectivity index (χ3v) is 59.7. The van der Waals surface area contributed by atoms with Crippen molar-refractivity contribution in [3.8, 4) is 22.3 Å². The molecule has 5 aromatic rings. The second-order valence-electron chi connectivity index (χ2n) is 12.2. The van der Waals surface area contributed by atoms with Crippen molar-refractivity contribution in [1.82, 2.24) is 0 Å². The van der Waals surface area contributed by atoms with E-state index in [4.69, 9.17) is 17.0 Å². The number of allylic oxidation sites excluding steroid dienone is 1. The first-order valence-corrected chi connectivity index (χ1v) is 31.0. The van der Waals surface area contributed by atoms with Crippen LogP contribution in [0.2, 0.25) is 13.1 Å². The van der Waals surface area contributed by atoms with Crippen LogP contribution in [0.5, 0.6) is 0 Å². The topological polar surface area (TPSA) is 0 Å². The zero-order valence-corrected chi connectivity index (χ0v) is 29.0. The average molecular weight is 670 g/mol. The number of rotatable bonds is 6. The zero-order chi connectivity index (χ0) is 28.4. The van der Waals surface area contributed by atoms with Crippen LogP contribution in [0.25, 0.3) is 39.1 Å². The normalized spacial score (nSPS) is 16.7. The van der Waals surface area contributed by atoms with Crippen LogP contribution in [0.15, 0.2) is 109 Å². The van der Waals surface area contributed by atoms with E-state index in [-0.39, 0.29) is 3.63 Å². The van der Waals surface area contributed by atoms with Crippen LogP contribution in [0.1, 0.15) is 45.6 Å². The summed E-state index contributed by atoms with van der Waals surface area (Å²) >= 11 is -4.73. The summed E-state index contributed by atoms with van der Waals surface area (Å²) < 4.78 is 1.43. The third-order valence-electron chi connectivity index (χ3n) is 9.70. The Hall–Kier alpha value is -2.22. The summed E-state index contributed by atoms with van der Waals surface area (Å²) in [7, 11) is 16.8. The van der Waals surface area contributed by atoms with E-state index in [1.807, 2.05) is 0 Å². The second kappa shape index (κ2) is 10.2. The minimum absolute atomic E-state index is 0.108. The molecule has 0 saturated heterocycles. The molecular weight excluding hydrogens is 635 g/mol. The van der Waals surface area contributed by atoms with Crippen molar-refractivity contribution in [2.24, 2.45) is 0 Å². The molecule has 0 amide bonds. The van der Waals surface area contributed by atoms with Crippen LogP contribution in [0, 0.1) is 0 Å². The summed E-state index contributed by atoms with van der Waals surface area (Å²) in [6.07, 6.45) is 5.51. The fraction of sp³-hybridized carbons (Fsp3) is 0.189. The number of halogens is 2. The minimum atomic E-state index is -4.73. The molecule has 2 aliphatic carbocycles. The number of benzene rings is 5. The first-order chi connectivity index (χ1) is 19.8. The van der Waals surface area contributed by atoms with Gasteiger partial charge in [0.25, 0.3) is 0 Å². The van der Waals surface area contributed by atoms with Crippen molar-refractivity contribution in [3.63, 3.8) is 0 Å². The van der Waals surface area contributed by atoms with Crippen LogP contribution < -0.4 is 3.27 Å². The van der Waals surface area contributed by atoms with Gasteiger partial charge in [0.15, 0.2) is 0 Å². The predicted octanol–water partition coefficient (Wildman–Crippen LogP) is 10.6. The summed E-state index contributed by atoms with van der Waals surface area (Å²) in [4.78, 5) is 0. The van der Waals surface area contributed by atoms with Crippen molar-refractivity contribution in [3.05, 3.63) is 131 Å². The maximum absolute atomic E-state index is 8.42. The van der Waals surface area contributed by atoms with Gasteiger partial charge in [0.2, 0.25) is 0 Å². The van der Waals surface area contributed by atoms with E-state index >= 15 is 0 Å². The van der Waals surface area contributed by atoms with Gasteiger partial charge in [0, 0.05) is 0 Å². The van der Waals surface area contributed by atoms with Gasteiger partial charge in [-0.1, -0.05) is 0 Å². The molecule has 41 heavy (non-hydrogen) atoms. The summed E-state index contributed by atoms with van der Waals surface area (Å²) in [5.74, 6) is -1.57. The van der Waals surface area contributed by atoms with Gasteiger partial charge in [0.05, 0.1) is 0 Å². The van der Waals surface area contributed by atoms with Gasteiger partial charge < -0.3 is 0 Å². The van der Waals surface area contributed by atoms with Crippen LogP contribution in [-0.2, 0) is 22.0 Å². The Morgan fingerprint density at radius 3 is 2.27 bits per heavy atom. The van der Waals surface area contributed by atoms with Crippen LogP contribution in [0.4, 0.5) is 0 Å². The summed E-state index contributed by atoms with van der Waals surface area (Å²) in [5, 5.41) is 2.54. The predicted molar refractivity (Wildman–Crippen MR) is 180 cm³/mol. The molecule has 0 aliphatic heterocycles. The van der Waals surface area contributed by atoms with Crippen molar-refractivity contribution >= 4 is 43.1 Å². The van der Waals surface area contributed by atoms with Crippen molar-refractivity contribution in [2.75, 3.05) is 0 Å². The monoisotopic (exact) mass is 667 g/mol. The zero-order valence-electron chi connectivity index (χ0n) is 23.9. The third kappa shape index (κ3) is 4.16. The van der Waals surface area contributed by atoms with Gasteiger partial charge in [0.1, 0.15) is 0 Å². The van der Waals surface area contributed by atoms with Crippen molar-refractivity contribution in [1.29, 1.82) is 0 Å². The van der Waals surface area contributed by atoms with E-state index in [2.05, 4.69) is 129 Å². The first kappa shape index (κ1) is 27.6. The van der Waals surface area contributed by atoms with Gasteiger partial charge in [-0.2, -0.15) is 0 Å². The first-order valence-electron chi connectivity index (χ1n) is 14.9. The van der Waals surface area contributed by atoms with Gasteiger partial charge in [-0.3, -0.25) is 0 Å². The molecule has 2 aliphatic rings. The summed E-state index contributed by atoms with van der Waals surface area (Å²) in [6, 6.07) is 37.9. The Morgan fingerprint density at radius 2 is 1.46 bits per heavy atom. The Morgan fingerprint density at radius 1 is 0.756 bits per heavy atom. The SMILES string of the molecule is CCCC1=Cc2c(-c3ccc4ccccc4c3)cccc2[CH]1[Zr]([Cl])([Cl])([c]1cccc2c1Cc1ccccc1-2)[SiH](C)C. The van der Waals surface area contributed by atoms with Crippen LogP contribution in [0.3, 0.4) is 0 Å². The van der Waals surface area contributed by atoms with E-state index in [1.165, 1.54) is 64.1 Å². The van der Waals surface area contributed by atoms with Gasteiger partial charge >= 0.3 is 255 Å². The molecule has 0 fully saturated rings. The number of fused-ring (bicyclic) bond motifs is 5. The quantitative estimate of drug-likeness (QED) is 0.155. The molecule has 0 saturated carbocycles. The van der Waals surface area contributed by atoms with E-state index in [1.54, 1.807) is 0 Å². The summed E-state index contributed by atoms with van der Waals surface area (Å²) in [5.41, 5.74) is 12.1. The molecule has 7 rings (SSSR count). The molecule has 0 spiro atoms. The molecule has 1 unspecified atom stereocenters. The molecule has 0 nitrogen and oxygen atoms in total. The van der Waals surface area contributed by atoms with E-state index in [9.17, 15) is 0 Å². The van der Waals surface area contributed by atoms with Crippen molar-refractivity contribution < 1.29 is 15.6 Å². The fourth-order valence-electron chi connectivity index (χ4n) is 7.61. The summed E-state index contributed by atoms with van der Waals surface area (Å²) in [6.45, 7) is 7.12. The molecule has 0 bridgehead atoms. The van der Waals surface area contributed by atoms with Crippen LogP contribution >= 0.6 is 17.0 Å². The fourth-order valence-corrected chi connectivity index (χ4v) is 35.5. The van der Waals surface area contributed by atoms with E-state index in [0.717, 1.165) is 19.3 Å². The maximum atomic E-state index is 8.42. The molecule has 1 atom stereocenters. The molecule has 5 aromatic carbocycles. The molecular formula is C37H35Cl2SiZr. The Bertz CT molecular complexity index is 1870. The van der Waals surface area contributed by atoms with Gasteiger partial charge in [-0.05, 0) is 0 Å². The number of hydrogen-bond donors (Lipinski definition) is 0. The average Bonchev–Trinajstić information content (AvgIpc) is 3.56.